The van der Waals surface area contributed by atoms with Gasteiger partial charge in [-0.2, -0.15) is 0 Å². The second-order valence-electron chi connectivity index (χ2n) is 3.25. The first-order chi connectivity index (χ1) is 6.68. The maximum atomic E-state index is 11.6. The highest BCUT2D eigenvalue weighted by atomic mass is 32.2. The van der Waals surface area contributed by atoms with E-state index in [1.54, 1.807) is 12.1 Å². The first-order valence-electron chi connectivity index (χ1n) is 4.33. The molecule has 1 aliphatic carbocycles. The number of rotatable bonds is 3. The van der Waals surface area contributed by atoms with Crippen LogP contribution in [0.2, 0.25) is 0 Å². The number of benzene rings is 1. The van der Waals surface area contributed by atoms with Crippen molar-refractivity contribution in [3.8, 4) is 0 Å². The van der Waals surface area contributed by atoms with Crippen LogP contribution in [0, 0.1) is 10.1 Å². The van der Waals surface area contributed by atoms with Crippen molar-refractivity contribution < 1.29 is 9.13 Å². The molecule has 0 aromatic heterocycles. The van der Waals surface area contributed by atoms with E-state index in [1.807, 2.05) is 0 Å². The Morgan fingerprint density at radius 2 is 1.86 bits per heavy atom. The molecule has 4 nitrogen and oxygen atoms in total. The van der Waals surface area contributed by atoms with E-state index < -0.39 is 15.7 Å². The minimum atomic E-state index is -0.968. The molecule has 0 N–H and O–H groups in total. The summed E-state index contributed by atoms with van der Waals surface area (Å²) in [5, 5.41) is 10.6. The van der Waals surface area contributed by atoms with Gasteiger partial charge in [-0.1, -0.05) is 0 Å². The molecule has 1 aromatic carbocycles. The van der Waals surface area contributed by atoms with Crippen molar-refractivity contribution in [1.82, 2.24) is 0 Å². The summed E-state index contributed by atoms with van der Waals surface area (Å²) in [6.07, 6.45) is 2.01. The Morgan fingerprint density at radius 1 is 1.29 bits per heavy atom. The van der Waals surface area contributed by atoms with Crippen molar-refractivity contribution in [1.29, 1.82) is 0 Å². The maximum Gasteiger partial charge on any atom is 0.269 e. The fourth-order valence-electron chi connectivity index (χ4n) is 1.18. The highest BCUT2D eigenvalue weighted by Gasteiger charge is 2.29. The summed E-state index contributed by atoms with van der Waals surface area (Å²) in [5.41, 5.74) is 0.0431. The minimum Gasteiger partial charge on any atom is -0.258 e. The molecule has 1 unspecified atom stereocenters. The van der Waals surface area contributed by atoms with Gasteiger partial charge in [-0.3, -0.25) is 14.3 Å². The smallest absolute Gasteiger partial charge is 0.258 e. The molecule has 0 aliphatic heterocycles. The van der Waals surface area contributed by atoms with Crippen LogP contribution in [0.3, 0.4) is 0 Å². The topological polar surface area (TPSA) is 60.2 Å². The molecule has 0 spiro atoms. The number of hydrogen-bond acceptors (Lipinski definition) is 3. The zero-order valence-electron chi connectivity index (χ0n) is 7.38. The van der Waals surface area contributed by atoms with Gasteiger partial charge in [-0.15, -0.1) is 0 Å². The van der Waals surface area contributed by atoms with Gasteiger partial charge in [0.2, 0.25) is 0 Å². The second kappa shape index (κ2) is 3.49. The van der Waals surface area contributed by atoms with Crippen LogP contribution in [0.4, 0.5) is 5.69 Å². The second-order valence-corrected chi connectivity index (χ2v) is 4.98. The first kappa shape index (κ1) is 9.33. The molecule has 0 radical (unpaired) electrons. The zero-order valence-corrected chi connectivity index (χ0v) is 8.20. The summed E-state index contributed by atoms with van der Waals surface area (Å²) in [7, 11) is -0.968. The van der Waals surface area contributed by atoms with Gasteiger partial charge in [0.05, 0.1) is 15.7 Å². The summed E-state index contributed by atoms with van der Waals surface area (Å²) >= 11 is 0. The van der Waals surface area contributed by atoms with Gasteiger partial charge in [-0.25, -0.2) is 0 Å². The lowest BCUT2D eigenvalue weighted by Gasteiger charge is -1.98. The lowest BCUT2D eigenvalue weighted by atomic mass is 10.3. The van der Waals surface area contributed by atoms with Crippen molar-refractivity contribution >= 4 is 16.5 Å². The number of nitro benzene ring substituents is 1. The number of non-ortho nitro benzene ring substituents is 1. The molecule has 1 saturated carbocycles. The Balaban J connectivity index is 2.20. The maximum absolute atomic E-state index is 11.6. The fourth-order valence-corrected chi connectivity index (χ4v) is 2.53. The molecule has 1 aliphatic rings. The first-order valence-corrected chi connectivity index (χ1v) is 5.55. The van der Waals surface area contributed by atoms with E-state index in [0.29, 0.717) is 4.90 Å². The summed E-state index contributed by atoms with van der Waals surface area (Å²) in [5.74, 6) is 0. The van der Waals surface area contributed by atoms with Gasteiger partial charge >= 0.3 is 0 Å². The van der Waals surface area contributed by atoms with E-state index in [1.165, 1.54) is 12.1 Å². The third kappa shape index (κ3) is 1.82. The molecule has 0 bridgehead atoms. The van der Waals surface area contributed by atoms with Gasteiger partial charge in [0.15, 0.2) is 0 Å². The van der Waals surface area contributed by atoms with E-state index in [0.717, 1.165) is 12.8 Å². The predicted octanol–water partition coefficient (Wildman–Crippen LogP) is 1.86. The van der Waals surface area contributed by atoms with E-state index >= 15 is 0 Å². The third-order valence-electron chi connectivity index (χ3n) is 2.11. The average molecular weight is 211 g/mol. The monoisotopic (exact) mass is 211 g/mol. The van der Waals surface area contributed by atoms with Crippen LogP contribution >= 0.6 is 0 Å². The lowest BCUT2D eigenvalue weighted by molar-refractivity contribution is -0.384. The molecule has 1 aromatic rings. The van der Waals surface area contributed by atoms with Gasteiger partial charge in [-0.05, 0) is 25.0 Å². The van der Waals surface area contributed by atoms with E-state index in [9.17, 15) is 14.3 Å². The average Bonchev–Trinajstić information content (AvgIpc) is 3.00. The Hall–Kier alpha value is -1.23. The number of hydrogen-bond donors (Lipinski definition) is 0. The Morgan fingerprint density at radius 3 is 2.29 bits per heavy atom. The van der Waals surface area contributed by atoms with E-state index in [4.69, 9.17) is 0 Å². The van der Waals surface area contributed by atoms with Crippen molar-refractivity contribution in [3.63, 3.8) is 0 Å². The minimum absolute atomic E-state index is 0.0431. The lowest BCUT2D eigenvalue weighted by Crippen LogP contribution is -1.97. The Labute approximate surface area is 83.5 Å². The molecule has 1 atom stereocenters. The van der Waals surface area contributed by atoms with Crippen LogP contribution in [0.15, 0.2) is 29.2 Å². The zero-order chi connectivity index (χ0) is 10.1. The highest BCUT2D eigenvalue weighted by molar-refractivity contribution is 7.86. The van der Waals surface area contributed by atoms with Gasteiger partial charge in [0.25, 0.3) is 5.69 Å². The largest absolute Gasteiger partial charge is 0.269 e. The molecular formula is C9H9NO3S. The SMILES string of the molecule is O=[N+]([O-])c1ccc(S(=O)C2CC2)cc1. The molecular weight excluding hydrogens is 202 g/mol. The standard InChI is InChI=1S/C9H9NO3S/c11-10(12)7-1-3-8(4-2-7)14(13)9-5-6-9/h1-4,9H,5-6H2. The summed E-state index contributed by atoms with van der Waals surface area (Å²) in [6.45, 7) is 0. The summed E-state index contributed by atoms with van der Waals surface area (Å²) in [4.78, 5) is 10.6. The van der Waals surface area contributed by atoms with Crippen LogP contribution in [-0.2, 0) is 10.8 Å². The Kier molecular flexibility index (Phi) is 2.33. The molecule has 74 valence electrons. The molecule has 2 rings (SSSR count). The summed E-state index contributed by atoms with van der Waals surface area (Å²) < 4.78 is 11.6. The molecule has 14 heavy (non-hydrogen) atoms. The molecule has 0 saturated heterocycles. The Bertz CT molecular complexity index is 384. The third-order valence-corrected chi connectivity index (χ3v) is 3.92. The van der Waals surface area contributed by atoms with Crippen LogP contribution in [0.1, 0.15) is 12.8 Å². The van der Waals surface area contributed by atoms with Crippen LogP contribution in [0.25, 0.3) is 0 Å². The molecule has 1 fully saturated rings. The van der Waals surface area contributed by atoms with Crippen molar-refractivity contribution in [2.75, 3.05) is 0 Å². The van der Waals surface area contributed by atoms with Gasteiger partial charge in [0.1, 0.15) is 0 Å². The van der Waals surface area contributed by atoms with E-state index in [2.05, 4.69) is 0 Å². The molecule has 5 heteroatoms. The van der Waals surface area contributed by atoms with Crippen molar-refractivity contribution in [3.05, 3.63) is 34.4 Å². The van der Waals surface area contributed by atoms with Crippen LogP contribution < -0.4 is 0 Å². The van der Waals surface area contributed by atoms with E-state index in [-0.39, 0.29) is 10.9 Å². The predicted molar refractivity (Wildman–Crippen MR) is 52.5 cm³/mol. The highest BCUT2D eigenvalue weighted by Crippen LogP contribution is 2.30. The van der Waals surface area contributed by atoms with Gasteiger partial charge < -0.3 is 0 Å². The fraction of sp³-hybridized carbons (Fsp3) is 0.333. The van der Waals surface area contributed by atoms with Crippen LogP contribution in [-0.4, -0.2) is 14.4 Å². The summed E-state index contributed by atoms with van der Waals surface area (Å²) in [6, 6.07) is 5.95. The molecule has 0 heterocycles. The normalized spacial score (nSPS) is 17.7. The quantitative estimate of drug-likeness (QED) is 0.566. The molecule has 0 amide bonds. The van der Waals surface area contributed by atoms with Crippen LogP contribution in [0.5, 0.6) is 0 Å². The number of nitro groups is 1. The van der Waals surface area contributed by atoms with Crippen molar-refractivity contribution in [2.24, 2.45) is 0 Å². The van der Waals surface area contributed by atoms with Crippen molar-refractivity contribution in [2.45, 2.75) is 23.0 Å². The number of nitrogens with zero attached hydrogens (tertiary/aromatic N) is 1. The van der Waals surface area contributed by atoms with Gasteiger partial charge in [0, 0.05) is 22.3 Å².